The predicted molar refractivity (Wildman–Crippen MR) is 80.7 cm³/mol. The van der Waals surface area contributed by atoms with Crippen molar-refractivity contribution in [3.63, 3.8) is 0 Å². The zero-order chi connectivity index (χ0) is 14.3. The van der Waals surface area contributed by atoms with E-state index < -0.39 is 0 Å². The minimum Gasteiger partial charge on any atom is -0.376 e. The average molecular weight is 270 g/mol. The third-order valence-electron chi connectivity index (χ3n) is 3.22. The van der Waals surface area contributed by atoms with Gasteiger partial charge in [0.05, 0.1) is 6.10 Å². The average Bonchev–Trinajstić information content (AvgIpc) is 2.80. The maximum atomic E-state index is 5.59. The molecule has 0 amide bonds. The van der Waals surface area contributed by atoms with Crippen LogP contribution in [-0.4, -0.2) is 64.3 Å². The minimum absolute atomic E-state index is 0.213. The van der Waals surface area contributed by atoms with E-state index in [1.165, 1.54) is 6.42 Å². The first kappa shape index (κ1) is 16.2. The Hall–Kier alpha value is -0.810. The van der Waals surface area contributed by atoms with E-state index in [0.717, 1.165) is 38.6 Å². The Labute approximate surface area is 117 Å². The highest BCUT2D eigenvalue weighted by molar-refractivity contribution is 5.79. The molecule has 0 aromatic rings. The number of nitrogens with zero attached hydrogens (tertiary/aromatic N) is 2. The van der Waals surface area contributed by atoms with Crippen LogP contribution in [-0.2, 0) is 4.74 Å². The molecule has 0 aliphatic carbocycles. The Morgan fingerprint density at radius 3 is 2.63 bits per heavy atom. The molecule has 5 nitrogen and oxygen atoms in total. The number of hydrogen-bond acceptors (Lipinski definition) is 3. The molecule has 112 valence electrons. The lowest BCUT2D eigenvalue weighted by molar-refractivity contribution is 0.113. The van der Waals surface area contributed by atoms with E-state index >= 15 is 0 Å². The van der Waals surface area contributed by atoms with E-state index in [-0.39, 0.29) is 5.41 Å². The van der Waals surface area contributed by atoms with E-state index in [1.54, 1.807) is 0 Å². The van der Waals surface area contributed by atoms with Gasteiger partial charge in [-0.05, 0) is 32.4 Å². The second-order valence-electron chi connectivity index (χ2n) is 6.34. The molecule has 1 rings (SSSR count). The number of rotatable bonds is 6. The highest BCUT2D eigenvalue weighted by Gasteiger charge is 2.20. The third-order valence-corrected chi connectivity index (χ3v) is 3.22. The van der Waals surface area contributed by atoms with Crippen LogP contribution in [0.25, 0.3) is 0 Å². The minimum atomic E-state index is 0.213. The van der Waals surface area contributed by atoms with Gasteiger partial charge in [0.2, 0.25) is 0 Å². The lowest BCUT2D eigenvalue weighted by atomic mass is 9.93. The number of guanidine groups is 1. The highest BCUT2D eigenvalue weighted by Crippen LogP contribution is 2.14. The zero-order valence-corrected chi connectivity index (χ0v) is 13.1. The van der Waals surface area contributed by atoms with Crippen LogP contribution < -0.4 is 10.6 Å². The molecule has 1 aliphatic rings. The van der Waals surface area contributed by atoms with Gasteiger partial charge in [0.1, 0.15) is 0 Å². The Morgan fingerprint density at radius 1 is 1.37 bits per heavy atom. The van der Waals surface area contributed by atoms with E-state index in [2.05, 4.69) is 48.5 Å². The van der Waals surface area contributed by atoms with Crippen molar-refractivity contribution in [3.8, 4) is 0 Å². The normalized spacial score (nSPS) is 20.9. The molecule has 0 saturated carbocycles. The maximum absolute atomic E-state index is 5.59. The lowest BCUT2D eigenvalue weighted by Gasteiger charge is -2.29. The van der Waals surface area contributed by atoms with Gasteiger partial charge >= 0.3 is 0 Å². The number of hydrogen-bond donors (Lipinski definition) is 2. The van der Waals surface area contributed by atoms with Crippen molar-refractivity contribution in [1.82, 2.24) is 15.5 Å². The van der Waals surface area contributed by atoms with Gasteiger partial charge in [0.25, 0.3) is 0 Å². The van der Waals surface area contributed by atoms with E-state index in [9.17, 15) is 0 Å². The van der Waals surface area contributed by atoms with Gasteiger partial charge in [0.15, 0.2) is 5.96 Å². The molecular formula is C14H30N4O. The summed E-state index contributed by atoms with van der Waals surface area (Å²) in [5.74, 6) is 0.863. The van der Waals surface area contributed by atoms with Crippen LogP contribution in [0.4, 0.5) is 0 Å². The summed E-state index contributed by atoms with van der Waals surface area (Å²) in [6, 6.07) is 0. The van der Waals surface area contributed by atoms with Crippen LogP contribution >= 0.6 is 0 Å². The molecule has 0 bridgehead atoms. The molecule has 1 unspecified atom stereocenters. The van der Waals surface area contributed by atoms with Crippen molar-refractivity contribution in [2.75, 3.05) is 47.4 Å². The smallest absolute Gasteiger partial charge is 0.191 e. The summed E-state index contributed by atoms with van der Waals surface area (Å²) < 4.78 is 5.59. The molecule has 0 aromatic carbocycles. The van der Waals surface area contributed by atoms with Crippen molar-refractivity contribution in [2.45, 2.75) is 32.8 Å². The fourth-order valence-electron chi connectivity index (χ4n) is 2.47. The molecule has 0 spiro atoms. The summed E-state index contributed by atoms with van der Waals surface area (Å²) >= 11 is 0. The molecule has 5 heteroatoms. The fraction of sp³-hybridized carbons (Fsp3) is 0.929. The molecule has 0 radical (unpaired) electrons. The Kier molecular flexibility index (Phi) is 6.58. The van der Waals surface area contributed by atoms with Gasteiger partial charge in [-0.1, -0.05) is 13.8 Å². The quantitative estimate of drug-likeness (QED) is 0.556. The summed E-state index contributed by atoms with van der Waals surface area (Å²) in [5, 5.41) is 6.73. The highest BCUT2D eigenvalue weighted by atomic mass is 16.5. The van der Waals surface area contributed by atoms with Crippen molar-refractivity contribution in [1.29, 1.82) is 0 Å². The van der Waals surface area contributed by atoms with Crippen LogP contribution in [0.1, 0.15) is 26.7 Å². The monoisotopic (exact) mass is 270 g/mol. The number of nitrogens with one attached hydrogen (secondary N) is 2. The summed E-state index contributed by atoms with van der Waals surface area (Å²) in [5.41, 5.74) is 0.213. The van der Waals surface area contributed by atoms with Gasteiger partial charge in [-0.15, -0.1) is 0 Å². The largest absolute Gasteiger partial charge is 0.376 e. The maximum Gasteiger partial charge on any atom is 0.191 e. The van der Waals surface area contributed by atoms with Gasteiger partial charge in [-0.3, -0.25) is 4.99 Å². The van der Waals surface area contributed by atoms with Crippen LogP contribution in [0, 0.1) is 5.41 Å². The number of aliphatic imine (C=N–C) groups is 1. The molecule has 1 saturated heterocycles. The summed E-state index contributed by atoms with van der Waals surface area (Å²) in [6.45, 7) is 8.20. The van der Waals surface area contributed by atoms with E-state index in [4.69, 9.17) is 4.74 Å². The van der Waals surface area contributed by atoms with Gasteiger partial charge in [-0.2, -0.15) is 0 Å². The number of ether oxygens (including phenoxy) is 1. The van der Waals surface area contributed by atoms with Crippen LogP contribution in [0.2, 0.25) is 0 Å². The Balaban J connectivity index is 2.28. The van der Waals surface area contributed by atoms with Gasteiger partial charge in [-0.25, -0.2) is 0 Å². The third kappa shape index (κ3) is 6.78. The molecule has 1 atom stereocenters. The van der Waals surface area contributed by atoms with Gasteiger partial charge in [0, 0.05) is 33.3 Å². The summed E-state index contributed by atoms with van der Waals surface area (Å²) in [6.07, 6.45) is 2.66. The van der Waals surface area contributed by atoms with Crippen LogP contribution in [0.5, 0.6) is 0 Å². The predicted octanol–water partition coefficient (Wildman–Crippen LogP) is 0.918. The van der Waals surface area contributed by atoms with Crippen LogP contribution in [0.15, 0.2) is 4.99 Å². The van der Waals surface area contributed by atoms with E-state index in [1.807, 2.05) is 7.05 Å². The van der Waals surface area contributed by atoms with Gasteiger partial charge < -0.3 is 20.3 Å². The fourth-order valence-corrected chi connectivity index (χ4v) is 2.47. The molecule has 0 aromatic heterocycles. The topological polar surface area (TPSA) is 48.9 Å². The first-order chi connectivity index (χ1) is 8.93. The molecule has 1 aliphatic heterocycles. The molecule has 1 heterocycles. The second-order valence-corrected chi connectivity index (χ2v) is 6.34. The van der Waals surface area contributed by atoms with E-state index in [0.29, 0.717) is 6.10 Å². The molecule has 2 N–H and O–H groups in total. The van der Waals surface area contributed by atoms with Crippen molar-refractivity contribution >= 4 is 5.96 Å². The zero-order valence-electron chi connectivity index (χ0n) is 13.1. The molecular weight excluding hydrogens is 240 g/mol. The van der Waals surface area contributed by atoms with Crippen LogP contribution in [0.3, 0.4) is 0 Å². The molecule has 1 fully saturated rings. The van der Waals surface area contributed by atoms with Crippen molar-refractivity contribution < 1.29 is 4.74 Å². The standard InChI is InChI=1S/C14H30N4O/c1-14(2,11-18(4)5)10-17-13(15-3)16-9-12-7-6-8-19-12/h12H,6-11H2,1-5H3,(H2,15,16,17). The Bertz CT molecular complexity index is 283. The Morgan fingerprint density at radius 2 is 2.11 bits per heavy atom. The second kappa shape index (κ2) is 7.70. The SMILES string of the molecule is CN=C(NCC1CCCO1)NCC(C)(C)CN(C)C. The lowest BCUT2D eigenvalue weighted by Crippen LogP contribution is -2.46. The first-order valence-electron chi connectivity index (χ1n) is 7.14. The van der Waals surface area contributed by atoms with Crippen molar-refractivity contribution in [2.24, 2.45) is 10.4 Å². The summed E-state index contributed by atoms with van der Waals surface area (Å²) in [4.78, 5) is 6.47. The first-order valence-corrected chi connectivity index (χ1v) is 7.14. The summed E-state index contributed by atoms with van der Waals surface area (Å²) in [7, 11) is 6.02. The molecule has 19 heavy (non-hydrogen) atoms. The van der Waals surface area contributed by atoms with Crippen molar-refractivity contribution in [3.05, 3.63) is 0 Å².